The Morgan fingerprint density at radius 1 is 0.900 bits per heavy atom. The summed E-state index contributed by atoms with van der Waals surface area (Å²) in [5.74, 6) is -3.50. The molecule has 0 bridgehead atoms. The lowest BCUT2D eigenvalue weighted by molar-refractivity contribution is -0.284. The number of hydrogen-bond acceptors (Lipinski definition) is 13. The van der Waals surface area contributed by atoms with Gasteiger partial charge in [0.05, 0.1) is 6.10 Å². The van der Waals surface area contributed by atoms with Gasteiger partial charge in [0.1, 0.15) is 32.0 Å². The minimum Gasteiger partial charge on any atom is -0.463 e. The maximum atomic E-state index is 13.2. The number of rotatable bonds is 14. The molecule has 1 fully saturated rings. The lowest BCUT2D eigenvalue weighted by Crippen LogP contribution is -2.62. The van der Waals surface area contributed by atoms with Crippen molar-refractivity contribution >= 4 is 30.0 Å². The van der Waals surface area contributed by atoms with E-state index in [0.29, 0.717) is 0 Å². The topological polar surface area (TPSA) is 211 Å². The van der Waals surface area contributed by atoms with Gasteiger partial charge in [-0.2, -0.15) is 0 Å². The lowest BCUT2D eigenvalue weighted by Gasteiger charge is -2.44. The Hall–Kier alpha value is -5.44. The van der Waals surface area contributed by atoms with E-state index in [2.05, 4.69) is 21.9 Å². The smallest absolute Gasteiger partial charge is 0.407 e. The summed E-state index contributed by atoms with van der Waals surface area (Å²) in [4.78, 5) is 65.0. The van der Waals surface area contributed by atoms with Gasteiger partial charge in [-0.1, -0.05) is 66.3 Å². The first-order chi connectivity index (χ1) is 23.9. The van der Waals surface area contributed by atoms with Crippen LogP contribution >= 0.6 is 0 Å². The van der Waals surface area contributed by atoms with E-state index in [0.717, 1.165) is 43.0 Å². The van der Waals surface area contributed by atoms with Crippen molar-refractivity contribution in [2.24, 2.45) is 5.11 Å². The molecule has 1 amide bonds. The van der Waals surface area contributed by atoms with Crippen LogP contribution in [0.3, 0.4) is 0 Å². The molecule has 0 aromatic heterocycles. The van der Waals surface area contributed by atoms with E-state index < -0.39 is 79.4 Å². The molecule has 4 rings (SSSR count). The van der Waals surface area contributed by atoms with Crippen LogP contribution in [0.15, 0.2) is 66.3 Å². The van der Waals surface area contributed by atoms with Crippen LogP contribution in [-0.4, -0.2) is 92.6 Å². The Morgan fingerprint density at radius 2 is 1.50 bits per heavy atom. The number of carbonyl (C=O) groups is 5. The summed E-state index contributed by atoms with van der Waals surface area (Å²) in [5, 5.41) is 6.16. The molecule has 16 heteroatoms. The van der Waals surface area contributed by atoms with Gasteiger partial charge in [-0.05, 0) is 34.7 Å². The zero-order chi connectivity index (χ0) is 36.4. The molecule has 1 aliphatic carbocycles. The highest BCUT2D eigenvalue weighted by molar-refractivity contribution is 5.82. The fourth-order valence-electron chi connectivity index (χ4n) is 5.84. The first-order valence-electron chi connectivity index (χ1n) is 15.7. The van der Waals surface area contributed by atoms with E-state index in [1.165, 1.54) is 13.0 Å². The summed E-state index contributed by atoms with van der Waals surface area (Å²) >= 11 is 0. The number of nitrogens with zero attached hydrogens (tertiary/aromatic N) is 3. The zero-order valence-electron chi connectivity index (χ0n) is 27.9. The van der Waals surface area contributed by atoms with Crippen LogP contribution in [-0.2, 0) is 52.3 Å². The third-order valence-electron chi connectivity index (χ3n) is 7.89. The van der Waals surface area contributed by atoms with Crippen LogP contribution in [0.25, 0.3) is 21.6 Å². The second-order valence-electron chi connectivity index (χ2n) is 11.4. The predicted octanol–water partition coefficient (Wildman–Crippen LogP) is 3.86. The number of azide groups is 1. The number of esters is 4. The van der Waals surface area contributed by atoms with Crippen LogP contribution in [0.1, 0.15) is 44.7 Å². The molecule has 16 nitrogen and oxygen atoms in total. The fraction of sp³-hybridized carbons (Fsp3) is 0.441. The van der Waals surface area contributed by atoms with Crippen LogP contribution in [0.4, 0.5) is 4.79 Å². The molecule has 7 atom stereocenters. The van der Waals surface area contributed by atoms with Gasteiger partial charge in [-0.25, -0.2) is 9.59 Å². The highest BCUT2D eigenvalue weighted by Gasteiger charge is 2.51. The minimum absolute atomic E-state index is 0.0480. The summed E-state index contributed by atoms with van der Waals surface area (Å²) < 4.78 is 38.7. The molecule has 2 aromatic rings. The van der Waals surface area contributed by atoms with Gasteiger partial charge in [-0.15, -0.1) is 0 Å². The van der Waals surface area contributed by atoms with Crippen molar-refractivity contribution in [2.45, 2.75) is 76.4 Å². The highest BCUT2D eigenvalue weighted by Crippen LogP contribution is 2.44. The van der Waals surface area contributed by atoms with E-state index >= 15 is 0 Å². The van der Waals surface area contributed by atoms with Crippen molar-refractivity contribution in [3.8, 4) is 11.1 Å². The van der Waals surface area contributed by atoms with E-state index in [-0.39, 0.29) is 19.1 Å². The molecule has 2 aromatic carbocycles. The molecule has 1 saturated heterocycles. The number of carbonyl (C=O) groups excluding carboxylic acids is 5. The molecule has 0 spiro atoms. The second-order valence-corrected chi connectivity index (χ2v) is 11.4. The fourth-order valence-corrected chi connectivity index (χ4v) is 5.84. The van der Waals surface area contributed by atoms with Crippen molar-refractivity contribution in [1.82, 2.24) is 5.32 Å². The number of fused-ring (bicyclic) bond motifs is 3. The van der Waals surface area contributed by atoms with Crippen LogP contribution in [0.2, 0.25) is 0 Å². The average Bonchev–Trinajstić information content (AvgIpc) is 3.39. The van der Waals surface area contributed by atoms with Crippen molar-refractivity contribution < 1.29 is 57.1 Å². The molecule has 2 aliphatic rings. The van der Waals surface area contributed by atoms with Gasteiger partial charge >= 0.3 is 30.0 Å². The Balaban J connectivity index is 1.56. The van der Waals surface area contributed by atoms with Crippen molar-refractivity contribution in [3.63, 3.8) is 0 Å². The lowest BCUT2D eigenvalue weighted by atomic mass is 9.96. The number of ether oxygens (including phenoxy) is 7. The molecule has 1 heterocycles. The molecule has 0 saturated carbocycles. The Morgan fingerprint density at radius 3 is 2.06 bits per heavy atom. The molecule has 0 unspecified atom stereocenters. The second kappa shape index (κ2) is 17.3. The Bertz CT molecular complexity index is 1600. The van der Waals surface area contributed by atoms with E-state index in [9.17, 15) is 29.5 Å². The van der Waals surface area contributed by atoms with Gasteiger partial charge in [0.15, 0.2) is 24.5 Å². The summed E-state index contributed by atoms with van der Waals surface area (Å²) in [7, 11) is 0. The highest BCUT2D eigenvalue weighted by atomic mass is 16.7. The molecule has 266 valence electrons. The van der Waals surface area contributed by atoms with Crippen LogP contribution < -0.4 is 5.32 Å². The van der Waals surface area contributed by atoms with Gasteiger partial charge in [0.25, 0.3) is 0 Å². The van der Waals surface area contributed by atoms with Crippen molar-refractivity contribution in [3.05, 3.63) is 82.8 Å². The monoisotopic (exact) mass is 694 g/mol. The van der Waals surface area contributed by atoms with Gasteiger partial charge < -0.3 is 38.5 Å². The van der Waals surface area contributed by atoms with Crippen LogP contribution in [0.5, 0.6) is 0 Å². The molecular weight excluding hydrogens is 656 g/mol. The number of hydrogen-bond donors (Lipinski definition) is 1. The van der Waals surface area contributed by atoms with E-state index in [1.54, 1.807) is 0 Å². The normalized spacial score (nSPS) is 21.9. The van der Waals surface area contributed by atoms with Gasteiger partial charge in [0.2, 0.25) is 0 Å². The standard InChI is InChI=1S/C34H38N4O12/c1-6-15-44-32(42)28(36-34(43)46-16-26-24-13-9-7-11-22(24)23-12-8-10-14-25(23)26)18(2)47-33-29(37-38-35)31(49-21(5)41)30(48-20(4)40)27(50-33)17-45-19(3)39/h6-14,18,26-31,33H,1,15-17H2,2-5H3,(H,36,43)/t18-,27-,28+,29-,30+,31-,33+/m1/s1. The molecular formula is C34H38N4O12. The third kappa shape index (κ3) is 9.16. The summed E-state index contributed by atoms with van der Waals surface area (Å²) in [5.41, 5.74) is 13.4. The van der Waals surface area contributed by atoms with Crippen molar-refractivity contribution in [2.75, 3.05) is 19.8 Å². The molecule has 1 N–H and O–H groups in total. The number of alkyl carbamates (subject to hydrolysis) is 1. The Labute approximate surface area is 287 Å². The maximum Gasteiger partial charge on any atom is 0.407 e. The molecule has 0 radical (unpaired) electrons. The summed E-state index contributed by atoms with van der Waals surface area (Å²) in [6, 6.07) is 12.6. The van der Waals surface area contributed by atoms with Crippen LogP contribution in [0, 0.1) is 0 Å². The molecule has 1 aliphatic heterocycles. The quantitative estimate of drug-likeness (QED) is 0.0746. The zero-order valence-corrected chi connectivity index (χ0v) is 27.9. The first kappa shape index (κ1) is 37.4. The van der Waals surface area contributed by atoms with Gasteiger partial charge in [-0.3, -0.25) is 14.4 Å². The van der Waals surface area contributed by atoms with E-state index in [4.69, 9.17) is 33.2 Å². The molecule has 50 heavy (non-hydrogen) atoms. The van der Waals surface area contributed by atoms with Gasteiger partial charge in [0, 0.05) is 31.6 Å². The summed E-state index contributed by atoms with van der Waals surface area (Å²) in [6.07, 6.45) is -6.64. The maximum absolute atomic E-state index is 13.2. The average molecular weight is 695 g/mol. The van der Waals surface area contributed by atoms with Crippen molar-refractivity contribution in [1.29, 1.82) is 0 Å². The number of benzene rings is 2. The third-order valence-corrected chi connectivity index (χ3v) is 7.89. The summed E-state index contributed by atoms with van der Waals surface area (Å²) in [6.45, 7) is 7.52. The minimum atomic E-state index is -1.59. The first-order valence-corrected chi connectivity index (χ1v) is 15.7. The predicted molar refractivity (Wildman–Crippen MR) is 173 cm³/mol. The number of nitrogens with one attached hydrogen (secondary N) is 1. The van der Waals surface area contributed by atoms with E-state index in [1.807, 2.05) is 48.5 Å². The SMILES string of the molecule is C=CCOC(=O)[C@@H](NC(=O)OCC1c2ccccc2-c2ccccc21)[C@@H](C)O[C@H]1O[C@H](COC(C)=O)[C@H](OC(C)=O)[C@H](OC(C)=O)[C@H]1N=[N+]=[N-]. The largest absolute Gasteiger partial charge is 0.463 e. The Kier molecular flexibility index (Phi) is 12.9. The number of amides is 1.